The van der Waals surface area contributed by atoms with Gasteiger partial charge in [0.15, 0.2) is 6.10 Å². The summed E-state index contributed by atoms with van der Waals surface area (Å²) in [6.07, 6.45) is 1.16. The van der Waals surface area contributed by atoms with E-state index in [0.29, 0.717) is 6.42 Å². The third kappa shape index (κ3) is 4.58. The fourth-order valence-corrected chi connectivity index (χ4v) is 1.71. The average Bonchev–Trinajstić information content (AvgIpc) is 2.39. The lowest BCUT2D eigenvalue weighted by Gasteiger charge is -2.20. The molecule has 0 aliphatic heterocycles. The predicted octanol–water partition coefficient (Wildman–Crippen LogP) is 3.38. The fraction of sp³-hybridized carbons (Fsp3) is 0.562. The third-order valence-corrected chi connectivity index (χ3v) is 3.42. The molecular weight excluding hydrogens is 238 g/mol. The lowest BCUT2D eigenvalue weighted by Crippen LogP contribution is -2.42. The molecule has 3 nitrogen and oxygen atoms in total. The molecule has 1 rings (SSSR count). The van der Waals surface area contributed by atoms with E-state index in [1.165, 1.54) is 11.1 Å². The van der Waals surface area contributed by atoms with Crippen molar-refractivity contribution in [2.24, 2.45) is 0 Å². The van der Waals surface area contributed by atoms with Gasteiger partial charge in [-0.3, -0.25) is 4.79 Å². The van der Waals surface area contributed by atoms with Crippen molar-refractivity contribution in [3.63, 3.8) is 0 Å². The Morgan fingerprint density at radius 2 is 1.89 bits per heavy atom. The van der Waals surface area contributed by atoms with Gasteiger partial charge in [-0.15, -0.1) is 0 Å². The van der Waals surface area contributed by atoms with E-state index in [-0.39, 0.29) is 11.9 Å². The van der Waals surface area contributed by atoms with Crippen LogP contribution in [0.3, 0.4) is 0 Å². The van der Waals surface area contributed by atoms with Crippen LogP contribution in [-0.2, 0) is 4.79 Å². The molecule has 0 saturated carbocycles. The summed E-state index contributed by atoms with van der Waals surface area (Å²) in [6.45, 7) is 10.1. The molecule has 0 saturated heterocycles. The number of ether oxygens (including phenoxy) is 1. The molecule has 2 atom stereocenters. The normalized spacial score (nSPS) is 13.7. The number of aryl methyl sites for hydroxylation is 2. The highest BCUT2D eigenvalue weighted by Gasteiger charge is 2.19. The Bertz CT molecular complexity index is 429. The van der Waals surface area contributed by atoms with Crippen molar-refractivity contribution >= 4 is 5.91 Å². The van der Waals surface area contributed by atoms with Crippen molar-refractivity contribution in [1.29, 1.82) is 0 Å². The van der Waals surface area contributed by atoms with Gasteiger partial charge < -0.3 is 10.1 Å². The van der Waals surface area contributed by atoms with Gasteiger partial charge in [0.2, 0.25) is 0 Å². The van der Waals surface area contributed by atoms with Crippen LogP contribution in [0.25, 0.3) is 0 Å². The summed E-state index contributed by atoms with van der Waals surface area (Å²) < 4.78 is 5.79. The number of nitrogens with one attached hydrogen (secondary N) is 1. The average molecular weight is 263 g/mol. The molecule has 0 aliphatic carbocycles. The van der Waals surface area contributed by atoms with Gasteiger partial charge in [-0.2, -0.15) is 0 Å². The van der Waals surface area contributed by atoms with Gasteiger partial charge in [0.1, 0.15) is 5.75 Å². The Morgan fingerprint density at radius 3 is 2.42 bits per heavy atom. The summed E-state index contributed by atoms with van der Waals surface area (Å²) in [5.74, 6) is 0.726. The Kier molecular flexibility index (Phi) is 5.87. The van der Waals surface area contributed by atoms with Crippen LogP contribution in [0.5, 0.6) is 5.75 Å². The van der Waals surface area contributed by atoms with Crippen LogP contribution in [0.15, 0.2) is 18.2 Å². The third-order valence-electron chi connectivity index (χ3n) is 3.42. The Morgan fingerprint density at radius 1 is 1.21 bits per heavy atom. The van der Waals surface area contributed by atoms with E-state index >= 15 is 0 Å². The minimum absolute atomic E-state index is 0.0323. The van der Waals surface area contributed by atoms with Gasteiger partial charge >= 0.3 is 0 Å². The molecule has 1 aromatic rings. The van der Waals surface area contributed by atoms with Crippen LogP contribution in [0, 0.1) is 13.8 Å². The first-order valence-corrected chi connectivity index (χ1v) is 7.02. The zero-order valence-electron chi connectivity index (χ0n) is 12.6. The number of carbonyl (C=O) groups is 1. The second kappa shape index (κ2) is 7.17. The van der Waals surface area contributed by atoms with Gasteiger partial charge in [-0.05, 0) is 56.9 Å². The molecule has 0 heterocycles. The Balaban J connectivity index is 2.70. The highest BCUT2D eigenvalue weighted by Crippen LogP contribution is 2.18. The summed E-state index contributed by atoms with van der Waals surface area (Å²) in [4.78, 5) is 12.1. The van der Waals surface area contributed by atoms with E-state index in [1.807, 2.05) is 39.0 Å². The number of hydrogen-bond donors (Lipinski definition) is 1. The van der Waals surface area contributed by atoms with E-state index in [2.05, 4.69) is 19.2 Å². The molecule has 0 fully saturated rings. The molecule has 0 aromatic heterocycles. The number of amides is 1. The van der Waals surface area contributed by atoms with E-state index < -0.39 is 6.10 Å². The largest absolute Gasteiger partial charge is 0.481 e. The summed E-state index contributed by atoms with van der Waals surface area (Å²) in [7, 11) is 0. The highest BCUT2D eigenvalue weighted by atomic mass is 16.5. The highest BCUT2D eigenvalue weighted by molar-refractivity contribution is 5.81. The molecule has 0 spiro atoms. The minimum Gasteiger partial charge on any atom is -0.481 e. The number of benzene rings is 1. The second-order valence-electron chi connectivity index (χ2n) is 5.08. The van der Waals surface area contributed by atoms with Crippen LogP contribution in [0.4, 0.5) is 0 Å². The van der Waals surface area contributed by atoms with Crippen LogP contribution in [-0.4, -0.2) is 18.1 Å². The van der Waals surface area contributed by atoms with Gasteiger partial charge in [-0.25, -0.2) is 0 Å². The maximum Gasteiger partial charge on any atom is 0.261 e. The molecule has 3 heteroatoms. The molecule has 1 aromatic carbocycles. The molecule has 0 bridgehead atoms. The lowest BCUT2D eigenvalue weighted by atomic mass is 10.1. The molecule has 0 aliphatic rings. The summed E-state index contributed by atoms with van der Waals surface area (Å²) in [5.41, 5.74) is 2.40. The lowest BCUT2D eigenvalue weighted by molar-refractivity contribution is -0.128. The molecule has 0 radical (unpaired) electrons. The van der Waals surface area contributed by atoms with Crippen molar-refractivity contribution in [3.05, 3.63) is 29.3 Å². The topological polar surface area (TPSA) is 38.3 Å². The Hall–Kier alpha value is -1.51. The van der Waals surface area contributed by atoms with E-state index in [0.717, 1.165) is 12.2 Å². The van der Waals surface area contributed by atoms with Crippen LogP contribution < -0.4 is 10.1 Å². The molecule has 1 amide bonds. The van der Waals surface area contributed by atoms with Crippen molar-refractivity contribution in [3.8, 4) is 5.75 Å². The zero-order valence-corrected chi connectivity index (χ0v) is 12.6. The van der Waals surface area contributed by atoms with Crippen molar-refractivity contribution in [1.82, 2.24) is 5.32 Å². The standard InChI is InChI=1S/C16H25NO2/c1-6-13(5)17-16(18)15(7-2)19-14-9-8-11(3)12(4)10-14/h8-10,13,15H,6-7H2,1-5H3,(H,17,18)/t13-,15-/m1/s1. The van der Waals surface area contributed by atoms with Crippen LogP contribution in [0.1, 0.15) is 44.7 Å². The predicted molar refractivity (Wildman–Crippen MR) is 78.5 cm³/mol. The van der Waals surface area contributed by atoms with Crippen molar-refractivity contribution < 1.29 is 9.53 Å². The minimum atomic E-state index is -0.420. The van der Waals surface area contributed by atoms with Crippen molar-refractivity contribution in [2.75, 3.05) is 0 Å². The summed E-state index contributed by atoms with van der Waals surface area (Å²) >= 11 is 0. The summed E-state index contributed by atoms with van der Waals surface area (Å²) in [6, 6.07) is 6.10. The first-order valence-electron chi connectivity index (χ1n) is 7.02. The molecule has 0 unspecified atom stereocenters. The molecule has 106 valence electrons. The van der Waals surface area contributed by atoms with E-state index in [1.54, 1.807) is 0 Å². The SMILES string of the molecule is CC[C@@H](C)NC(=O)[C@@H](CC)Oc1ccc(C)c(C)c1. The number of carbonyl (C=O) groups excluding carboxylic acids is 1. The molecule has 19 heavy (non-hydrogen) atoms. The maximum atomic E-state index is 12.1. The molecular formula is C16H25NO2. The van der Waals surface area contributed by atoms with Gasteiger partial charge in [0.05, 0.1) is 0 Å². The smallest absolute Gasteiger partial charge is 0.261 e. The monoisotopic (exact) mass is 263 g/mol. The van der Waals surface area contributed by atoms with E-state index in [9.17, 15) is 4.79 Å². The zero-order chi connectivity index (χ0) is 14.4. The Labute approximate surface area is 116 Å². The first-order chi connectivity index (χ1) is 8.97. The fourth-order valence-electron chi connectivity index (χ4n) is 1.71. The first kappa shape index (κ1) is 15.5. The second-order valence-corrected chi connectivity index (χ2v) is 5.08. The van der Waals surface area contributed by atoms with Gasteiger partial charge in [-0.1, -0.05) is 19.9 Å². The number of rotatable bonds is 6. The van der Waals surface area contributed by atoms with Gasteiger partial charge in [0, 0.05) is 6.04 Å². The van der Waals surface area contributed by atoms with E-state index in [4.69, 9.17) is 4.74 Å². The maximum absolute atomic E-state index is 12.1. The number of hydrogen-bond acceptors (Lipinski definition) is 2. The molecule has 1 N–H and O–H groups in total. The van der Waals surface area contributed by atoms with Gasteiger partial charge in [0.25, 0.3) is 5.91 Å². The van der Waals surface area contributed by atoms with Crippen LogP contribution in [0.2, 0.25) is 0 Å². The quantitative estimate of drug-likeness (QED) is 0.854. The van der Waals surface area contributed by atoms with Crippen LogP contribution >= 0.6 is 0 Å². The van der Waals surface area contributed by atoms with Crippen molar-refractivity contribution in [2.45, 2.75) is 59.6 Å². The summed E-state index contributed by atoms with van der Waals surface area (Å²) in [5, 5.41) is 2.96.